The van der Waals surface area contributed by atoms with E-state index in [9.17, 15) is 4.79 Å². The molecule has 0 bridgehead atoms. The predicted octanol–water partition coefficient (Wildman–Crippen LogP) is 1.55. The number of amides is 1. The van der Waals surface area contributed by atoms with Gasteiger partial charge in [0, 0.05) is 19.1 Å². The molecule has 0 atom stereocenters. The van der Waals surface area contributed by atoms with Crippen LogP contribution < -0.4 is 5.32 Å². The third-order valence-corrected chi connectivity index (χ3v) is 3.03. The van der Waals surface area contributed by atoms with Crippen molar-refractivity contribution in [3.05, 3.63) is 12.2 Å². The molecule has 3 nitrogen and oxygen atoms in total. The van der Waals surface area contributed by atoms with E-state index in [0.29, 0.717) is 0 Å². The summed E-state index contributed by atoms with van der Waals surface area (Å²) in [4.78, 5) is 13.5. The predicted molar refractivity (Wildman–Crippen MR) is 62.7 cm³/mol. The highest BCUT2D eigenvalue weighted by molar-refractivity contribution is 5.87. The Morgan fingerprint density at radius 2 is 2.13 bits per heavy atom. The first kappa shape index (κ1) is 12.2. The van der Waals surface area contributed by atoms with E-state index < -0.39 is 0 Å². The van der Waals surface area contributed by atoms with Gasteiger partial charge in [0.25, 0.3) is 0 Å². The fraction of sp³-hybridized carbons (Fsp3) is 0.750. The Labute approximate surface area is 92.5 Å². The molecule has 86 valence electrons. The molecule has 0 unspecified atom stereocenters. The molecule has 1 N–H and O–H groups in total. The number of nitrogens with zero attached hydrogens (tertiary/aromatic N) is 1. The van der Waals surface area contributed by atoms with Crippen LogP contribution in [0.2, 0.25) is 0 Å². The summed E-state index contributed by atoms with van der Waals surface area (Å²) < 4.78 is 0. The van der Waals surface area contributed by atoms with Crippen molar-refractivity contribution >= 4 is 5.91 Å². The van der Waals surface area contributed by atoms with Gasteiger partial charge in [-0.15, -0.1) is 0 Å². The first-order valence-electron chi connectivity index (χ1n) is 5.85. The molecule has 1 amide bonds. The van der Waals surface area contributed by atoms with Gasteiger partial charge in [0.05, 0.1) is 0 Å². The van der Waals surface area contributed by atoms with Gasteiger partial charge in [0.2, 0.25) is 5.91 Å². The van der Waals surface area contributed by atoms with Gasteiger partial charge in [-0.3, -0.25) is 4.79 Å². The van der Waals surface area contributed by atoms with E-state index in [0.717, 1.165) is 19.1 Å². The highest BCUT2D eigenvalue weighted by atomic mass is 16.1. The van der Waals surface area contributed by atoms with E-state index in [-0.39, 0.29) is 5.91 Å². The smallest absolute Gasteiger partial charge is 0.243 e. The summed E-state index contributed by atoms with van der Waals surface area (Å²) in [5, 5.41) is 2.87. The first-order chi connectivity index (χ1) is 7.24. The van der Waals surface area contributed by atoms with Crippen LogP contribution in [0, 0.1) is 0 Å². The maximum Gasteiger partial charge on any atom is 0.243 e. The number of hydrogen-bond acceptors (Lipinski definition) is 2. The van der Waals surface area contributed by atoms with Crippen molar-refractivity contribution in [2.24, 2.45) is 0 Å². The molecule has 0 aliphatic heterocycles. The minimum absolute atomic E-state index is 0.0114. The Morgan fingerprint density at radius 1 is 1.47 bits per heavy atom. The molecule has 1 fully saturated rings. The van der Waals surface area contributed by atoms with Gasteiger partial charge in [-0.25, -0.2) is 0 Å². The summed E-state index contributed by atoms with van der Waals surface area (Å²) in [6.07, 6.45) is 8.68. The topological polar surface area (TPSA) is 32.3 Å². The Hall–Kier alpha value is -0.830. The quantitative estimate of drug-likeness (QED) is 0.698. The molecule has 0 radical (unpaired) electrons. The van der Waals surface area contributed by atoms with Crippen molar-refractivity contribution in [3.63, 3.8) is 0 Å². The van der Waals surface area contributed by atoms with Crippen LogP contribution in [0.4, 0.5) is 0 Å². The largest absolute Gasteiger partial charge is 0.351 e. The Bertz CT molecular complexity index is 220. The van der Waals surface area contributed by atoms with Crippen LogP contribution in [0.15, 0.2) is 12.2 Å². The van der Waals surface area contributed by atoms with Gasteiger partial charge in [0.1, 0.15) is 0 Å². The van der Waals surface area contributed by atoms with Crippen molar-refractivity contribution in [3.8, 4) is 0 Å². The molecule has 0 saturated heterocycles. The van der Waals surface area contributed by atoms with Gasteiger partial charge in [-0.05, 0) is 32.9 Å². The van der Waals surface area contributed by atoms with E-state index in [2.05, 4.69) is 17.3 Å². The average Bonchev–Trinajstić information content (AvgIpc) is 2.70. The summed E-state index contributed by atoms with van der Waals surface area (Å²) >= 11 is 0. The molecular formula is C12H22N2O. The second kappa shape index (κ2) is 6.62. The maximum absolute atomic E-state index is 11.1. The highest BCUT2D eigenvalue weighted by Crippen LogP contribution is 2.21. The van der Waals surface area contributed by atoms with Crippen LogP contribution >= 0.6 is 0 Å². The highest BCUT2D eigenvalue weighted by Gasteiger charge is 2.18. The molecule has 1 aliphatic rings. The van der Waals surface area contributed by atoms with Gasteiger partial charge < -0.3 is 10.2 Å². The fourth-order valence-corrected chi connectivity index (χ4v) is 2.09. The summed E-state index contributed by atoms with van der Waals surface area (Å²) in [5.41, 5.74) is 0. The molecule has 1 rings (SSSR count). The van der Waals surface area contributed by atoms with Crippen LogP contribution in [0.5, 0.6) is 0 Å². The normalized spacial score (nSPS) is 17.8. The number of likely N-dealkylation sites (N-methyl/N-ethyl adjacent to an activating group) is 1. The van der Waals surface area contributed by atoms with Gasteiger partial charge in [-0.1, -0.05) is 18.9 Å². The second-order valence-corrected chi connectivity index (χ2v) is 4.21. The zero-order valence-electron chi connectivity index (χ0n) is 9.83. The van der Waals surface area contributed by atoms with Crippen molar-refractivity contribution in [2.45, 2.75) is 38.6 Å². The number of allylic oxidation sites excluding steroid dienone is 1. The minimum Gasteiger partial charge on any atom is -0.351 e. The second-order valence-electron chi connectivity index (χ2n) is 4.21. The Morgan fingerprint density at radius 3 is 2.73 bits per heavy atom. The van der Waals surface area contributed by atoms with Crippen molar-refractivity contribution < 1.29 is 4.79 Å². The average molecular weight is 210 g/mol. The van der Waals surface area contributed by atoms with E-state index >= 15 is 0 Å². The minimum atomic E-state index is 0.0114. The fourth-order valence-electron chi connectivity index (χ4n) is 2.09. The van der Waals surface area contributed by atoms with E-state index in [1.807, 2.05) is 6.92 Å². The lowest BCUT2D eigenvalue weighted by Gasteiger charge is -2.23. The first-order valence-corrected chi connectivity index (χ1v) is 5.85. The number of carbonyl (C=O) groups excluding carboxylic acids is 1. The van der Waals surface area contributed by atoms with Crippen LogP contribution in [0.25, 0.3) is 0 Å². The van der Waals surface area contributed by atoms with Gasteiger partial charge in [-0.2, -0.15) is 0 Å². The summed E-state index contributed by atoms with van der Waals surface area (Å²) in [7, 11) is 2.15. The SMILES string of the molecule is CC=CC(=O)NCCN(C)C1CCCC1. The molecule has 1 aliphatic carbocycles. The van der Waals surface area contributed by atoms with Gasteiger partial charge >= 0.3 is 0 Å². The number of carbonyl (C=O) groups is 1. The molecule has 3 heteroatoms. The van der Waals surface area contributed by atoms with Crippen molar-refractivity contribution in [1.29, 1.82) is 0 Å². The maximum atomic E-state index is 11.1. The summed E-state index contributed by atoms with van der Waals surface area (Å²) in [6.45, 7) is 3.55. The lowest BCUT2D eigenvalue weighted by atomic mass is 10.2. The Kier molecular flexibility index (Phi) is 5.40. The van der Waals surface area contributed by atoms with Crippen LogP contribution in [-0.2, 0) is 4.79 Å². The standard InChI is InChI=1S/C12H22N2O/c1-3-6-12(15)13-9-10-14(2)11-7-4-5-8-11/h3,6,11H,4-5,7-10H2,1-2H3,(H,13,15). The molecule has 15 heavy (non-hydrogen) atoms. The van der Waals surface area contributed by atoms with Crippen LogP contribution in [-0.4, -0.2) is 37.0 Å². The monoisotopic (exact) mass is 210 g/mol. The number of rotatable bonds is 5. The van der Waals surface area contributed by atoms with E-state index in [4.69, 9.17) is 0 Å². The number of nitrogens with one attached hydrogen (secondary N) is 1. The van der Waals surface area contributed by atoms with E-state index in [1.54, 1.807) is 12.2 Å². The van der Waals surface area contributed by atoms with Crippen LogP contribution in [0.1, 0.15) is 32.6 Å². The zero-order chi connectivity index (χ0) is 11.1. The molecular weight excluding hydrogens is 188 g/mol. The van der Waals surface area contributed by atoms with Crippen molar-refractivity contribution in [2.75, 3.05) is 20.1 Å². The molecule has 0 aromatic heterocycles. The molecule has 0 aromatic carbocycles. The van der Waals surface area contributed by atoms with E-state index in [1.165, 1.54) is 25.7 Å². The molecule has 0 heterocycles. The third-order valence-electron chi connectivity index (χ3n) is 3.03. The molecule has 0 aromatic rings. The molecule has 1 saturated carbocycles. The number of hydrogen-bond donors (Lipinski definition) is 1. The molecule has 0 spiro atoms. The third kappa shape index (κ3) is 4.47. The van der Waals surface area contributed by atoms with Crippen molar-refractivity contribution in [1.82, 2.24) is 10.2 Å². The van der Waals surface area contributed by atoms with Gasteiger partial charge in [0.15, 0.2) is 0 Å². The Balaban J connectivity index is 2.11. The summed E-state index contributed by atoms with van der Waals surface area (Å²) in [6, 6.07) is 0.739. The lowest BCUT2D eigenvalue weighted by molar-refractivity contribution is -0.116. The zero-order valence-corrected chi connectivity index (χ0v) is 9.83. The summed E-state index contributed by atoms with van der Waals surface area (Å²) in [5.74, 6) is 0.0114. The van der Waals surface area contributed by atoms with Crippen LogP contribution in [0.3, 0.4) is 0 Å². The lowest BCUT2D eigenvalue weighted by Crippen LogP contribution is -2.36.